The van der Waals surface area contributed by atoms with Crippen LogP contribution < -0.4 is 19.7 Å². The zero-order chi connectivity index (χ0) is 16.9. The predicted octanol–water partition coefficient (Wildman–Crippen LogP) is 2.40. The van der Waals surface area contributed by atoms with Crippen LogP contribution in [0.2, 0.25) is 0 Å². The molecular formula is C19H24N4O2. The van der Waals surface area contributed by atoms with Gasteiger partial charge in [-0.25, -0.2) is 9.97 Å². The van der Waals surface area contributed by atoms with Crippen molar-refractivity contribution in [1.82, 2.24) is 15.3 Å². The molecule has 25 heavy (non-hydrogen) atoms. The van der Waals surface area contributed by atoms with Crippen LogP contribution in [0.25, 0.3) is 0 Å². The largest absolute Gasteiger partial charge is 0.490 e. The van der Waals surface area contributed by atoms with Crippen molar-refractivity contribution in [3.8, 4) is 11.5 Å². The van der Waals surface area contributed by atoms with Gasteiger partial charge in [0.15, 0.2) is 11.5 Å². The van der Waals surface area contributed by atoms with Crippen LogP contribution in [0.4, 0.5) is 5.95 Å². The van der Waals surface area contributed by atoms with Crippen LogP contribution in [0, 0.1) is 0 Å². The summed E-state index contributed by atoms with van der Waals surface area (Å²) in [4.78, 5) is 11.0. The number of aromatic nitrogens is 2. The van der Waals surface area contributed by atoms with E-state index in [2.05, 4.69) is 26.3 Å². The number of anilines is 1. The van der Waals surface area contributed by atoms with Crippen molar-refractivity contribution in [3.05, 3.63) is 42.2 Å². The van der Waals surface area contributed by atoms with Gasteiger partial charge in [0.2, 0.25) is 5.95 Å². The van der Waals surface area contributed by atoms with Crippen molar-refractivity contribution >= 4 is 5.95 Å². The molecule has 1 aromatic heterocycles. The molecule has 0 saturated carbocycles. The molecule has 6 nitrogen and oxygen atoms in total. The molecule has 0 bridgehead atoms. The van der Waals surface area contributed by atoms with E-state index < -0.39 is 0 Å². The minimum Gasteiger partial charge on any atom is -0.490 e. The normalized spacial score (nSPS) is 20.2. The lowest BCUT2D eigenvalue weighted by Crippen LogP contribution is -2.46. The number of fused-ring (bicyclic) bond motifs is 1. The number of para-hydroxylation sites is 1. The van der Waals surface area contributed by atoms with E-state index in [1.54, 1.807) is 12.4 Å². The van der Waals surface area contributed by atoms with E-state index in [1.165, 1.54) is 0 Å². The molecule has 1 saturated heterocycles. The lowest BCUT2D eigenvalue weighted by molar-refractivity contribution is 0.295. The number of benzene rings is 1. The highest BCUT2D eigenvalue weighted by atomic mass is 16.5. The van der Waals surface area contributed by atoms with Crippen LogP contribution in [-0.2, 0) is 6.54 Å². The first kappa shape index (κ1) is 16.1. The van der Waals surface area contributed by atoms with Crippen LogP contribution in [0.5, 0.6) is 11.5 Å². The molecule has 1 atom stereocenters. The second-order valence-corrected chi connectivity index (χ2v) is 6.51. The number of nitrogens with one attached hydrogen (secondary N) is 1. The summed E-state index contributed by atoms with van der Waals surface area (Å²) in [5.74, 6) is 2.57. The van der Waals surface area contributed by atoms with Gasteiger partial charge in [0, 0.05) is 50.1 Å². The molecule has 4 rings (SSSR count). The number of hydrogen-bond donors (Lipinski definition) is 1. The van der Waals surface area contributed by atoms with Gasteiger partial charge in [0.25, 0.3) is 0 Å². The molecule has 1 aromatic carbocycles. The molecule has 0 amide bonds. The topological polar surface area (TPSA) is 59.5 Å². The molecule has 6 heteroatoms. The highest BCUT2D eigenvalue weighted by Gasteiger charge is 2.22. The first-order chi connectivity index (χ1) is 12.4. The zero-order valence-corrected chi connectivity index (χ0v) is 14.4. The molecule has 0 spiro atoms. The summed E-state index contributed by atoms with van der Waals surface area (Å²) < 4.78 is 11.7. The molecule has 2 aliphatic heterocycles. The Hall–Kier alpha value is -2.34. The Labute approximate surface area is 148 Å². The van der Waals surface area contributed by atoms with Crippen LogP contribution in [0.3, 0.4) is 0 Å². The van der Waals surface area contributed by atoms with E-state index in [9.17, 15) is 0 Å². The summed E-state index contributed by atoms with van der Waals surface area (Å²) >= 11 is 0. The van der Waals surface area contributed by atoms with Gasteiger partial charge in [-0.15, -0.1) is 0 Å². The molecule has 132 valence electrons. The average Bonchev–Trinajstić information content (AvgIpc) is 2.93. The van der Waals surface area contributed by atoms with E-state index in [1.807, 2.05) is 18.2 Å². The van der Waals surface area contributed by atoms with Gasteiger partial charge >= 0.3 is 0 Å². The molecule has 1 fully saturated rings. The standard InChI is InChI=1S/C19H24N4O2/c1-5-15(18-17(7-1)24-11-4-12-25-18)13-22-16-6-2-10-23(14-16)19-20-8-3-9-21-19/h1,3,5,7-9,16,22H,2,4,6,10-14H2/t16-/m0/s1. The van der Waals surface area contributed by atoms with Crippen molar-refractivity contribution in [2.45, 2.75) is 31.8 Å². The van der Waals surface area contributed by atoms with Crippen molar-refractivity contribution in [2.75, 3.05) is 31.2 Å². The van der Waals surface area contributed by atoms with E-state index in [0.717, 1.165) is 68.5 Å². The summed E-state index contributed by atoms with van der Waals surface area (Å²) in [5.41, 5.74) is 1.16. The number of hydrogen-bond acceptors (Lipinski definition) is 6. The quantitative estimate of drug-likeness (QED) is 0.922. The van der Waals surface area contributed by atoms with Gasteiger partial charge in [-0.3, -0.25) is 0 Å². The maximum atomic E-state index is 5.91. The van der Waals surface area contributed by atoms with Crippen molar-refractivity contribution in [3.63, 3.8) is 0 Å². The van der Waals surface area contributed by atoms with Crippen LogP contribution in [0.1, 0.15) is 24.8 Å². The number of ether oxygens (including phenoxy) is 2. The zero-order valence-electron chi connectivity index (χ0n) is 14.4. The van der Waals surface area contributed by atoms with Gasteiger partial charge in [-0.05, 0) is 25.0 Å². The van der Waals surface area contributed by atoms with Crippen LogP contribution >= 0.6 is 0 Å². The number of piperidine rings is 1. The third kappa shape index (κ3) is 3.85. The molecule has 0 aliphatic carbocycles. The molecule has 2 aliphatic rings. The van der Waals surface area contributed by atoms with E-state index in [4.69, 9.17) is 9.47 Å². The van der Waals surface area contributed by atoms with Gasteiger partial charge in [0.1, 0.15) is 0 Å². The second kappa shape index (κ2) is 7.70. The Bertz CT molecular complexity index is 695. The fourth-order valence-corrected chi connectivity index (χ4v) is 3.43. The van der Waals surface area contributed by atoms with Crippen molar-refractivity contribution in [2.24, 2.45) is 0 Å². The molecule has 1 N–H and O–H groups in total. The lowest BCUT2D eigenvalue weighted by Gasteiger charge is -2.33. The fraction of sp³-hybridized carbons (Fsp3) is 0.474. The summed E-state index contributed by atoms with van der Waals surface area (Å²) in [7, 11) is 0. The van der Waals surface area contributed by atoms with Gasteiger partial charge in [-0.2, -0.15) is 0 Å². The number of nitrogens with zero attached hydrogens (tertiary/aromatic N) is 3. The van der Waals surface area contributed by atoms with Crippen molar-refractivity contribution in [1.29, 1.82) is 0 Å². The van der Waals surface area contributed by atoms with Gasteiger partial charge in [-0.1, -0.05) is 12.1 Å². The molecule has 2 aromatic rings. The van der Waals surface area contributed by atoms with Crippen LogP contribution in [-0.4, -0.2) is 42.3 Å². The Morgan fingerprint density at radius 3 is 2.88 bits per heavy atom. The monoisotopic (exact) mass is 340 g/mol. The highest BCUT2D eigenvalue weighted by Crippen LogP contribution is 2.33. The van der Waals surface area contributed by atoms with E-state index in [-0.39, 0.29) is 0 Å². The maximum Gasteiger partial charge on any atom is 0.225 e. The Balaban J connectivity index is 1.40. The minimum atomic E-state index is 0.417. The lowest BCUT2D eigenvalue weighted by atomic mass is 10.1. The Morgan fingerprint density at radius 1 is 1.08 bits per heavy atom. The molecule has 0 unspecified atom stereocenters. The third-order valence-electron chi connectivity index (χ3n) is 4.69. The summed E-state index contributed by atoms with van der Waals surface area (Å²) in [6.07, 6.45) is 6.83. The molecule has 3 heterocycles. The van der Waals surface area contributed by atoms with E-state index >= 15 is 0 Å². The van der Waals surface area contributed by atoms with Gasteiger partial charge in [0.05, 0.1) is 13.2 Å². The Kier molecular flexibility index (Phi) is 4.97. The summed E-state index contributed by atoms with van der Waals surface area (Å²) in [6, 6.07) is 8.41. The minimum absolute atomic E-state index is 0.417. The SMILES string of the molecule is c1cnc(N2CCC[C@H](NCc3cccc4c3OCCCO4)C2)nc1. The van der Waals surface area contributed by atoms with Crippen molar-refractivity contribution < 1.29 is 9.47 Å². The maximum absolute atomic E-state index is 5.91. The predicted molar refractivity (Wildman–Crippen MR) is 96.2 cm³/mol. The second-order valence-electron chi connectivity index (χ2n) is 6.51. The smallest absolute Gasteiger partial charge is 0.225 e. The fourth-order valence-electron chi connectivity index (χ4n) is 3.43. The average molecular weight is 340 g/mol. The first-order valence-corrected chi connectivity index (χ1v) is 9.03. The number of rotatable bonds is 4. The third-order valence-corrected chi connectivity index (χ3v) is 4.69. The molecule has 0 radical (unpaired) electrons. The summed E-state index contributed by atoms with van der Waals surface area (Å²) in [5, 5.41) is 3.68. The van der Waals surface area contributed by atoms with Gasteiger partial charge < -0.3 is 19.7 Å². The Morgan fingerprint density at radius 2 is 1.96 bits per heavy atom. The summed E-state index contributed by atoms with van der Waals surface area (Å²) in [6.45, 7) is 4.15. The first-order valence-electron chi connectivity index (χ1n) is 9.03. The molecular weight excluding hydrogens is 316 g/mol. The van der Waals surface area contributed by atoms with E-state index in [0.29, 0.717) is 12.6 Å². The highest BCUT2D eigenvalue weighted by molar-refractivity contribution is 5.47. The van der Waals surface area contributed by atoms with Crippen LogP contribution in [0.15, 0.2) is 36.7 Å².